The van der Waals surface area contributed by atoms with Crippen LogP contribution in [-0.2, 0) is 9.53 Å². The summed E-state index contributed by atoms with van der Waals surface area (Å²) in [4.78, 5) is 11.3. The van der Waals surface area contributed by atoms with Gasteiger partial charge in [0.05, 0.1) is 6.61 Å². The van der Waals surface area contributed by atoms with E-state index in [1.54, 1.807) is 6.92 Å². The normalized spacial score (nSPS) is 11.8. The molecule has 0 saturated carbocycles. The molecule has 0 rings (SSSR count). The lowest BCUT2D eigenvalue weighted by Crippen LogP contribution is -2.05. The molecule has 190 valence electrons. The maximum absolute atomic E-state index is 11.3. The van der Waals surface area contributed by atoms with Crippen molar-refractivity contribution in [1.82, 2.24) is 0 Å². The Morgan fingerprint density at radius 2 is 0.844 bits per heavy atom. The van der Waals surface area contributed by atoms with Gasteiger partial charge in [-0.1, -0.05) is 148 Å². The van der Waals surface area contributed by atoms with Crippen molar-refractivity contribution in [3.05, 3.63) is 11.8 Å². The minimum atomic E-state index is -0.316. The molecule has 0 aliphatic carbocycles. The summed E-state index contributed by atoms with van der Waals surface area (Å²) >= 11 is 0. The Morgan fingerprint density at radius 3 is 1.12 bits per heavy atom. The van der Waals surface area contributed by atoms with Crippen molar-refractivity contribution in [2.24, 2.45) is 5.73 Å². The lowest BCUT2D eigenvalue weighted by atomic mass is 10.0. The maximum atomic E-state index is 11.3. The molecular weight excluding hydrogens is 394 g/mol. The first-order valence-corrected chi connectivity index (χ1v) is 14.3. The Morgan fingerprint density at radius 1 is 0.562 bits per heavy atom. The van der Waals surface area contributed by atoms with Crippen molar-refractivity contribution in [2.45, 2.75) is 162 Å². The average Bonchev–Trinajstić information content (AvgIpc) is 2.76. The standard InChI is InChI=1S/C29H57NO2/c1-3-4-5-6-7-8-9-10-11-12-13-14-15-16-17-18-19-20-21-22-23-24-25-26-32-29(31)27-28(2)30/h27H,3-26,30H2,1-2H3/b28-27-. The van der Waals surface area contributed by atoms with Gasteiger partial charge in [0.2, 0.25) is 0 Å². The first-order valence-electron chi connectivity index (χ1n) is 14.3. The highest BCUT2D eigenvalue weighted by atomic mass is 16.5. The molecule has 0 radical (unpaired) electrons. The van der Waals surface area contributed by atoms with Gasteiger partial charge < -0.3 is 10.5 Å². The number of ether oxygens (including phenoxy) is 1. The van der Waals surface area contributed by atoms with Gasteiger partial charge in [-0.2, -0.15) is 0 Å². The highest BCUT2D eigenvalue weighted by Crippen LogP contribution is 2.15. The van der Waals surface area contributed by atoms with Crippen molar-refractivity contribution in [3.63, 3.8) is 0 Å². The van der Waals surface area contributed by atoms with Gasteiger partial charge in [-0.3, -0.25) is 0 Å². The van der Waals surface area contributed by atoms with Crippen LogP contribution in [0.3, 0.4) is 0 Å². The molecule has 32 heavy (non-hydrogen) atoms. The molecule has 0 saturated heterocycles. The molecule has 0 unspecified atom stereocenters. The van der Waals surface area contributed by atoms with E-state index in [1.165, 1.54) is 141 Å². The number of rotatable bonds is 25. The summed E-state index contributed by atoms with van der Waals surface area (Å²) < 4.78 is 5.10. The molecule has 0 bridgehead atoms. The Labute approximate surface area is 201 Å². The minimum absolute atomic E-state index is 0.316. The first kappa shape index (κ1) is 31.0. The SMILES string of the molecule is CCCCCCCCCCCCCCCCCCCCCCCCCOC(=O)/C=C(/C)N. The van der Waals surface area contributed by atoms with Crippen molar-refractivity contribution in [1.29, 1.82) is 0 Å². The number of nitrogens with two attached hydrogens (primary N) is 1. The monoisotopic (exact) mass is 451 g/mol. The second-order valence-electron chi connectivity index (χ2n) is 9.83. The van der Waals surface area contributed by atoms with Crippen LogP contribution in [0.2, 0.25) is 0 Å². The van der Waals surface area contributed by atoms with Gasteiger partial charge in [0, 0.05) is 11.8 Å². The number of carbonyl (C=O) groups is 1. The molecule has 0 aromatic carbocycles. The maximum Gasteiger partial charge on any atom is 0.332 e. The zero-order valence-electron chi connectivity index (χ0n) is 21.9. The number of allylic oxidation sites excluding steroid dienone is 1. The van der Waals surface area contributed by atoms with E-state index in [2.05, 4.69) is 6.92 Å². The highest BCUT2D eigenvalue weighted by molar-refractivity contribution is 5.82. The van der Waals surface area contributed by atoms with Crippen LogP contribution in [0.25, 0.3) is 0 Å². The van der Waals surface area contributed by atoms with Crippen LogP contribution in [0.5, 0.6) is 0 Å². The second kappa shape index (κ2) is 26.3. The fourth-order valence-corrected chi connectivity index (χ4v) is 4.29. The van der Waals surface area contributed by atoms with Gasteiger partial charge in [0.15, 0.2) is 0 Å². The van der Waals surface area contributed by atoms with Crippen molar-refractivity contribution >= 4 is 5.97 Å². The number of carbonyl (C=O) groups excluding carboxylic acids is 1. The van der Waals surface area contributed by atoms with E-state index in [4.69, 9.17) is 10.5 Å². The summed E-state index contributed by atoms with van der Waals surface area (Å²) in [5.74, 6) is -0.316. The Hall–Kier alpha value is -0.990. The molecule has 3 heteroatoms. The van der Waals surface area contributed by atoms with Gasteiger partial charge in [-0.15, -0.1) is 0 Å². The summed E-state index contributed by atoms with van der Waals surface area (Å²) in [5, 5.41) is 0. The fraction of sp³-hybridized carbons (Fsp3) is 0.897. The fourth-order valence-electron chi connectivity index (χ4n) is 4.29. The first-order chi connectivity index (χ1) is 15.7. The summed E-state index contributed by atoms with van der Waals surface area (Å²) in [6.07, 6.45) is 33.3. The number of unbranched alkanes of at least 4 members (excludes halogenated alkanes) is 22. The van der Waals surface area contributed by atoms with E-state index in [-0.39, 0.29) is 5.97 Å². The topological polar surface area (TPSA) is 52.3 Å². The number of hydrogen-bond donors (Lipinski definition) is 1. The third kappa shape index (κ3) is 27.0. The molecule has 0 aliphatic rings. The average molecular weight is 452 g/mol. The summed E-state index contributed by atoms with van der Waals surface area (Å²) in [5.41, 5.74) is 5.94. The minimum Gasteiger partial charge on any atom is -0.462 e. The van der Waals surface area contributed by atoms with Gasteiger partial charge in [-0.05, 0) is 13.3 Å². The predicted molar refractivity (Wildman–Crippen MR) is 141 cm³/mol. The lowest BCUT2D eigenvalue weighted by Gasteiger charge is -2.04. The van der Waals surface area contributed by atoms with E-state index in [0.717, 1.165) is 12.8 Å². The molecule has 0 heterocycles. The predicted octanol–water partition coefficient (Wildman–Crippen LogP) is 9.38. The molecule has 2 N–H and O–H groups in total. The van der Waals surface area contributed by atoms with Crippen LogP contribution in [0.15, 0.2) is 11.8 Å². The highest BCUT2D eigenvalue weighted by Gasteiger charge is 1.98. The molecule has 0 atom stereocenters. The Bertz CT molecular complexity index is 415. The van der Waals surface area contributed by atoms with Gasteiger partial charge in [0.1, 0.15) is 0 Å². The van der Waals surface area contributed by atoms with Crippen LogP contribution in [0.1, 0.15) is 162 Å². The summed E-state index contributed by atoms with van der Waals surface area (Å²) in [7, 11) is 0. The zero-order valence-corrected chi connectivity index (χ0v) is 21.9. The van der Waals surface area contributed by atoms with E-state index in [1.807, 2.05) is 0 Å². The van der Waals surface area contributed by atoms with Crippen LogP contribution in [0.4, 0.5) is 0 Å². The van der Waals surface area contributed by atoms with Gasteiger partial charge >= 0.3 is 5.97 Å². The lowest BCUT2D eigenvalue weighted by molar-refractivity contribution is -0.137. The Kier molecular flexibility index (Phi) is 25.5. The third-order valence-corrected chi connectivity index (χ3v) is 6.34. The van der Waals surface area contributed by atoms with E-state index in [0.29, 0.717) is 12.3 Å². The number of hydrogen-bond acceptors (Lipinski definition) is 3. The van der Waals surface area contributed by atoms with Crippen LogP contribution in [0, 0.1) is 0 Å². The van der Waals surface area contributed by atoms with Gasteiger partial charge in [-0.25, -0.2) is 4.79 Å². The number of esters is 1. The largest absolute Gasteiger partial charge is 0.462 e. The van der Waals surface area contributed by atoms with E-state index >= 15 is 0 Å². The molecule has 0 amide bonds. The molecule has 3 nitrogen and oxygen atoms in total. The van der Waals surface area contributed by atoms with Crippen LogP contribution < -0.4 is 5.73 Å². The van der Waals surface area contributed by atoms with Crippen molar-refractivity contribution < 1.29 is 9.53 Å². The summed E-state index contributed by atoms with van der Waals surface area (Å²) in [6, 6.07) is 0. The molecule has 0 fully saturated rings. The van der Waals surface area contributed by atoms with Crippen LogP contribution in [-0.4, -0.2) is 12.6 Å². The van der Waals surface area contributed by atoms with Crippen molar-refractivity contribution in [3.8, 4) is 0 Å². The van der Waals surface area contributed by atoms with Crippen LogP contribution >= 0.6 is 0 Å². The summed E-state index contributed by atoms with van der Waals surface area (Å²) in [6.45, 7) is 4.50. The van der Waals surface area contributed by atoms with Gasteiger partial charge in [0.25, 0.3) is 0 Å². The second-order valence-corrected chi connectivity index (χ2v) is 9.83. The molecular formula is C29H57NO2. The smallest absolute Gasteiger partial charge is 0.332 e. The Balaban J connectivity index is 3.08. The quantitative estimate of drug-likeness (QED) is 0.0854. The zero-order chi connectivity index (χ0) is 23.5. The van der Waals surface area contributed by atoms with E-state index < -0.39 is 0 Å². The molecule has 0 aromatic rings. The molecule has 0 aromatic heterocycles. The van der Waals surface area contributed by atoms with E-state index in [9.17, 15) is 4.79 Å². The third-order valence-electron chi connectivity index (χ3n) is 6.34. The molecule has 0 spiro atoms. The van der Waals surface area contributed by atoms with Crippen molar-refractivity contribution in [2.75, 3.05) is 6.61 Å². The molecule has 0 aliphatic heterocycles.